The first-order valence-corrected chi connectivity index (χ1v) is 11.8. The molecule has 2 aromatic carbocycles. The Labute approximate surface area is 204 Å². The standard InChI is InChI=1S/C26H29ClFN5O/c1-17-5-7-20(8-6-17)15-22-18(2)29-19(3)30-25(22)32-11-4-12-33(14-13-32)26(34)31-21-9-10-24(28)23(27)16-21/h5-10,16H,4,11-15H2,1-3H3,(H,31,34). The smallest absolute Gasteiger partial charge is 0.321 e. The third-order valence-corrected chi connectivity index (χ3v) is 6.35. The van der Waals surface area contributed by atoms with Gasteiger partial charge in [0.15, 0.2) is 0 Å². The van der Waals surface area contributed by atoms with Crippen molar-refractivity contribution in [2.24, 2.45) is 0 Å². The number of halogens is 2. The van der Waals surface area contributed by atoms with Crippen molar-refractivity contribution in [1.82, 2.24) is 14.9 Å². The molecule has 0 bridgehead atoms. The van der Waals surface area contributed by atoms with Gasteiger partial charge in [-0.3, -0.25) is 0 Å². The lowest BCUT2D eigenvalue weighted by atomic mass is 10.0. The van der Waals surface area contributed by atoms with E-state index >= 15 is 0 Å². The monoisotopic (exact) mass is 481 g/mol. The van der Waals surface area contributed by atoms with Gasteiger partial charge in [-0.05, 0) is 51.0 Å². The molecule has 34 heavy (non-hydrogen) atoms. The summed E-state index contributed by atoms with van der Waals surface area (Å²) < 4.78 is 13.4. The molecule has 1 aliphatic rings. The third kappa shape index (κ3) is 5.65. The van der Waals surface area contributed by atoms with Crippen LogP contribution in [0.4, 0.5) is 20.7 Å². The number of amides is 2. The first-order chi connectivity index (χ1) is 16.3. The summed E-state index contributed by atoms with van der Waals surface area (Å²) in [4.78, 5) is 26.3. The Hall–Kier alpha value is -3.19. The van der Waals surface area contributed by atoms with Gasteiger partial charge in [0, 0.05) is 49.5 Å². The molecule has 1 aromatic heterocycles. The van der Waals surface area contributed by atoms with Crippen LogP contribution in [0, 0.1) is 26.6 Å². The normalized spacial score (nSPS) is 14.1. The van der Waals surface area contributed by atoms with Gasteiger partial charge >= 0.3 is 6.03 Å². The number of anilines is 2. The van der Waals surface area contributed by atoms with Gasteiger partial charge in [0.1, 0.15) is 17.5 Å². The molecule has 0 aliphatic carbocycles. The summed E-state index contributed by atoms with van der Waals surface area (Å²) in [5.74, 6) is 1.17. The van der Waals surface area contributed by atoms with Crippen LogP contribution >= 0.6 is 11.6 Å². The Morgan fingerprint density at radius 1 is 1.03 bits per heavy atom. The summed E-state index contributed by atoms with van der Waals surface area (Å²) in [6, 6.07) is 12.5. The van der Waals surface area contributed by atoms with Crippen molar-refractivity contribution in [2.75, 3.05) is 36.4 Å². The highest BCUT2D eigenvalue weighted by Gasteiger charge is 2.23. The fourth-order valence-electron chi connectivity index (χ4n) is 4.21. The van der Waals surface area contributed by atoms with E-state index in [1.165, 1.54) is 29.3 Å². The van der Waals surface area contributed by atoms with Crippen LogP contribution in [0.1, 0.15) is 34.6 Å². The second kappa shape index (κ2) is 10.4. The van der Waals surface area contributed by atoms with Crippen molar-refractivity contribution in [2.45, 2.75) is 33.6 Å². The maximum Gasteiger partial charge on any atom is 0.321 e. The van der Waals surface area contributed by atoms with Crippen molar-refractivity contribution in [3.05, 3.63) is 81.5 Å². The largest absolute Gasteiger partial charge is 0.354 e. The topological polar surface area (TPSA) is 61.4 Å². The molecule has 1 aliphatic heterocycles. The lowest BCUT2D eigenvalue weighted by molar-refractivity contribution is 0.215. The van der Waals surface area contributed by atoms with Gasteiger partial charge in [-0.2, -0.15) is 0 Å². The number of urea groups is 1. The summed E-state index contributed by atoms with van der Waals surface area (Å²) >= 11 is 5.84. The molecule has 1 N–H and O–H groups in total. The average Bonchev–Trinajstić information content (AvgIpc) is 3.06. The number of carbonyl (C=O) groups is 1. The number of benzene rings is 2. The zero-order chi connectivity index (χ0) is 24.2. The van der Waals surface area contributed by atoms with Crippen molar-refractivity contribution in [3.63, 3.8) is 0 Å². The number of hydrogen-bond donors (Lipinski definition) is 1. The van der Waals surface area contributed by atoms with E-state index in [9.17, 15) is 9.18 Å². The minimum Gasteiger partial charge on any atom is -0.354 e. The maximum atomic E-state index is 13.4. The molecule has 8 heteroatoms. The second-order valence-electron chi connectivity index (χ2n) is 8.71. The Morgan fingerprint density at radius 3 is 2.53 bits per heavy atom. The molecule has 4 rings (SSSR count). The molecule has 0 atom stereocenters. The number of nitrogens with zero attached hydrogens (tertiary/aromatic N) is 4. The van der Waals surface area contributed by atoms with Crippen molar-refractivity contribution in [1.29, 1.82) is 0 Å². The summed E-state index contributed by atoms with van der Waals surface area (Å²) in [6.45, 7) is 8.65. The SMILES string of the molecule is Cc1ccc(Cc2c(C)nc(C)nc2N2CCCN(C(=O)Nc3ccc(F)c(Cl)c3)CC2)cc1. The summed E-state index contributed by atoms with van der Waals surface area (Å²) in [7, 11) is 0. The predicted octanol–water partition coefficient (Wildman–Crippen LogP) is 5.53. The molecule has 0 spiro atoms. The van der Waals surface area contributed by atoms with Crippen LogP contribution in [0.5, 0.6) is 0 Å². The summed E-state index contributed by atoms with van der Waals surface area (Å²) in [5.41, 5.74) is 5.02. The number of rotatable bonds is 4. The fourth-order valence-corrected chi connectivity index (χ4v) is 4.39. The maximum absolute atomic E-state index is 13.4. The number of aryl methyl sites for hydroxylation is 3. The third-order valence-electron chi connectivity index (χ3n) is 6.06. The number of carbonyl (C=O) groups excluding carboxylic acids is 1. The molecule has 0 radical (unpaired) electrons. The van der Waals surface area contributed by atoms with E-state index in [4.69, 9.17) is 16.6 Å². The number of aromatic nitrogens is 2. The van der Waals surface area contributed by atoms with Gasteiger partial charge in [-0.1, -0.05) is 41.4 Å². The van der Waals surface area contributed by atoms with E-state index in [2.05, 4.69) is 46.4 Å². The van der Waals surface area contributed by atoms with Gasteiger partial charge in [0.25, 0.3) is 0 Å². The van der Waals surface area contributed by atoms with Gasteiger partial charge in [-0.25, -0.2) is 19.2 Å². The Bertz CT molecular complexity index is 1180. The number of nitrogens with one attached hydrogen (secondary N) is 1. The molecule has 0 saturated carbocycles. The highest BCUT2D eigenvalue weighted by molar-refractivity contribution is 6.31. The zero-order valence-electron chi connectivity index (χ0n) is 19.7. The average molecular weight is 482 g/mol. The molecule has 3 aromatic rings. The first-order valence-electron chi connectivity index (χ1n) is 11.5. The molecule has 1 fully saturated rings. The molecule has 2 heterocycles. The van der Waals surface area contributed by atoms with E-state index in [1.807, 2.05) is 13.8 Å². The highest BCUT2D eigenvalue weighted by Crippen LogP contribution is 2.26. The zero-order valence-corrected chi connectivity index (χ0v) is 20.5. The van der Waals surface area contributed by atoms with Crippen LogP contribution in [-0.4, -0.2) is 47.1 Å². The Balaban J connectivity index is 1.49. The minimum absolute atomic E-state index is 0.0181. The first kappa shape index (κ1) is 24.0. The summed E-state index contributed by atoms with van der Waals surface area (Å²) in [6.07, 6.45) is 1.57. The minimum atomic E-state index is -0.512. The summed E-state index contributed by atoms with van der Waals surface area (Å²) in [5, 5.41) is 2.80. The second-order valence-corrected chi connectivity index (χ2v) is 9.11. The van der Waals surface area contributed by atoms with E-state index in [0.717, 1.165) is 42.3 Å². The van der Waals surface area contributed by atoms with Gasteiger partial charge < -0.3 is 15.1 Å². The lowest BCUT2D eigenvalue weighted by Crippen LogP contribution is -2.38. The highest BCUT2D eigenvalue weighted by atomic mass is 35.5. The molecule has 178 valence electrons. The molecule has 1 saturated heterocycles. The molecular formula is C26H29ClFN5O. The molecule has 6 nitrogen and oxygen atoms in total. The van der Waals surface area contributed by atoms with Gasteiger partial charge in [0.2, 0.25) is 0 Å². The van der Waals surface area contributed by atoms with Gasteiger partial charge in [-0.15, -0.1) is 0 Å². The molecule has 0 unspecified atom stereocenters. The van der Waals surface area contributed by atoms with Crippen molar-refractivity contribution >= 4 is 29.1 Å². The van der Waals surface area contributed by atoms with Crippen molar-refractivity contribution < 1.29 is 9.18 Å². The van der Waals surface area contributed by atoms with Crippen LogP contribution in [0.2, 0.25) is 5.02 Å². The lowest BCUT2D eigenvalue weighted by Gasteiger charge is -2.26. The van der Waals surface area contributed by atoms with Crippen molar-refractivity contribution in [3.8, 4) is 0 Å². The van der Waals surface area contributed by atoms with Gasteiger partial charge in [0.05, 0.1) is 5.02 Å². The van der Waals surface area contributed by atoms with Crippen LogP contribution in [0.15, 0.2) is 42.5 Å². The molecule has 2 amide bonds. The van der Waals surface area contributed by atoms with Crippen LogP contribution in [0.25, 0.3) is 0 Å². The van der Waals surface area contributed by atoms with E-state index in [-0.39, 0.29) is 11.1 Å². The van der Waals surface area contributed by atoms with E-state index in [0.29, 0.717) is 25.3 Å². The van der Waals surface area contributed by atoms with Crippen LogP contribution in [-0.2, 0) is 6.42 Å². The van der Waals surface area contributed by atoms with Crippen LogP contribution < -0.4 is 10.2 Å². The Morgan fingerprint density at radius 2 is 1.79 bits per heavy atom. The quantitative estimate of drug-likeness (QED) is 0.532. The predicted molar refractivity (Wildman–Crippen MR) is 134 cm³/mol. The Kier molecular flexibility index (Phi) is 7.32. The van der Waals surface area contributed by atoms with E-state index < -0.39 is 5.82 Å². The fraction of sp³-hybridized carbons (Fsp3) is 0.346. The van der Waals surface area contributed by atoms with E-state index in [1.54, 1.807) is 4.90 Å². The van der Waals surface area contributed by atoms with Crippen LogP contribution in [0.3, 0.4) is 0 Å². The molecular weight excluding hydrogens is 453 g/mol. The number of hydrogen-bond acceptors (Lipinski definition) is 4.